The molecule has 35 heavy (non-hydrogen) atoms. The molecular formula is C27H37N5O3. The van der Waals surface area contributed by atoms with Gasteiger partial charge in [-0.2, -0.15) is 0 Å². The summed E-state index contributed by atoms with van der Waals surface area (Å²) in [5.41, 5.74) is 8.35. The van der Waals surface area contributed by atoms with Crippen LogP contribution in [0.3, 0.4) is 0 Å². The minimum absolute atomic E-state index is 0.00214. The third kappa shape index (κ3) is 6.32. The van der Waals surface area contributed by atoms with Gasteiger partial charge in [-0.3, -0.25) is 15.2 Å². The van der Waals surface area contributed by atoms with Gasteiger partial charge in [-0.05, 0) is 61.7 Å². The number of piperidine rings is 1. The van der Waals surface area contributed by atoms with Crippen molar-refractivity contribution >= 4 is 17.6 Å². The number of nitrogen functional groups attached to an aromatic ring is 1. The van der Waals surface area contributed by atoms with Gasteiger partial charge in [0, 0.05) is 50.5 Å². The second kappa shape index (κ2) is 11.6. The molecule has 4 rings (SSSR count). The van der Waals surface area contributed by atoms with E-state index in [1.807, 2.05) is 40.1 Å². The Bertz CT molecular complexity index is 1020. The normalized spacial score (nSPS) is 19.7. The van der Waals surface area contributed by atoms with Crippen LogP contribution in [0.4, 0.5) is 10.5 Å². The van der Waals surface area contributed by atoms with E-state index in [0.29, 0.717) is 31.2 Å². The summed E-state index contributed by atoms with van der Waals surface area (Å²) >= 11 is 0. The number of methoxy groups -OCH3 is 2. The highest BCUT2D eigenvalue weighted by Gasteiger charge is 2.34. The van der Waals surface area contributed by atoms with E-state index < -0.39 is 0 Å². The second-order valence-electron chi connectivity index (χ2n) is 9.65. The Morgan fingerprint density at radius 1 is 1.06 bits per heavy atom. The average Bonchev–Trinajstić information content (AvgIpc) is 2.87. The van der Waals surface area contributed by atoms with Crippen LogP contribution in [0, 0.1) is 17.2 Å². The standard InChI is InChI=1S/C27H37N5O3/c1-34-19-22-17-31(27(33)32(18-22)24-7-4-6-23(14-24)26(28)29)16-20-9-11-30(12-10-20)15-21-5-3-8-25(13-21)35-2/h3-8,13-14,20,22H,9-12,15-19H2,1-2H3,(H3,28,29). The van der Waals surface area contributed by atoms with E-state index in [0.717, 1.165) is 50.5 Å². The number of ether oxygens (including phenoxy) is 2. The lowest BCUT2D eigenvalue weighted by atomic mass is 9.94. The van der Waals surface area contributed by atoms with E-state index >= 15 is 0 Å². The number of likely N-dealkylation sites (tertiary alicyclic amines) is 1. The van der Waals surface area contributed by atoms with Crippen molar-refractivity contribution in [2.75, 3.05) is 58.5 Å². The fourth-order valence-electron chi connectivity index (χ4n) is 5.17. The van der Waals surface area contributed by atoms with Crippen LogP contribution in [0.5, 0.6) is 5.75 Å². The molecule has 2 amide bonds. The zero-order valence-corrected chi connectivity index (χ0v) is 20.8. The molecule has 3 N–H and O–H groups in total. The smallest absolute Gasteiger partial charge is 0.324 e. The number of benzene rings is 2. The van der Waals surface area contributed by atoms with Gasteiger partial charge in [-0.15, -0.1) is 0 Å². The molecule has 2 heterocycles. The number of hydrogen-bond acceptors (Lipinski definition) is 5. The maximum Gasteiger partial charge on any atom is 0.324 e. The lowest BCUT2D eigenvalue weighted by Gasteiger charge is -2.42. The van der Waals surface area contributed by atoms with Crippen LogP contribution in [0.1, 0.15) is 24.0 Å². The molecule has 2 aromatic rings. The van der Waals surface area contributed by atoms with Gasteiger partial charge < -0.3 is 20.1 Å². The third-order valence-electron chi connectivity index (χ3n) is 7.02. The molecule has 2 saturated heterocycles. The molecule has 8 heteroatoms. The zero-order valence-electron chi connectivity index (χ0n) is 20.8. The van der Waals surface area contributed by atoms with E-state index in [4.69, 9.17) is 20.6 Å². The summed E-state index contributed by atoms with van der Waals surface area (Å²) in [4.78, 5) is 19.8. The predicted molar refractivity (Wildman–Crippen MR) is 138 cm³/mol. The van der Waals surface area contributed by atoms with Crippen LogP contribution < -0.4 is 15.4 Å². The summed E-state index contributed by atoms with van der Waals surface area (Å²) in [5.74, 6) is 1.60. The summed E-state index contributed by atoms with van der Waals surface area (Å²) in [6.45, 7) is 5.64. The van der Waals surface area contributed by atoms with Crippen LogP contribution in [0.2, 0.25) is 0 Å². The molecule has 2 fully saturated rings. The van der Waals surface area contributed by atoms with Gasteiger partial charge in [0.15, 0.2) is 0 Å². The summed E-state index contributed by atoms with van der Waals surface area (Å²) in [7, 11) is 3.41. The first-order valence-electron chi connectivity index (χ1n) is 12.3. The van der Waals surface area contributed by atoms with E-state index in [1.165, 1.54) is 5.56 Å². The monoisotopic (exact) mass is 479 g/mol. The number of urea groups is 1. The number of nitrogens with one attached hydrogen (secondary N) is 1. The number of nitrogens with zero attached hydrogens (tertiary/aromatic N) is 3. The Kier molecular flexibility index (Phi) is 8.25. The van der Waals surface area contributed by atoms with Crippen molar-refractivity contribution in [3.63, 3.8) is 0 Å². The van der Waals surface area contributed by atoms with Gasteiger partial charge in [0.1, 0.15) is 11.6 Å². The number of nitrogens with two attached hydrogens (primary N) is 1. The number of amides is 2. The van der Waals surface area contributed by atoms with Gasteiger partial charge in [-0.25, -0.2) is 4.79 Å². The number of carbonyl (C=O) groups excluding carboxylic acids is 1. The van der Waals surface area contributed by atoms with Gasteiger partial charge in [0.25, 0.3) is 0 Å². The highest BCUT2D eigenvalue weighted by molar-refractivity contribution is 5.98. The van der Waals surface area contributed by atoms with E-state index in [2.05, 4.69) is 17.0 Å². The summed E-state index contributed by atoms with van der Waals surface area (Å²) in [6.07, 6.45) is 2.14. The zero-order chi connectivity index (χ0) is 24.8. The molecule has 1 unspecified atom stereocenters. The highest BCUT2D eigenvalue weighted by Crippen LogP contribution is 2.27. The molecule has 1 atom stereocenters. The van der Waals surface area contributed by atoms with Gasteiger partial charge in [0.05, 0.1) is 13.7 Å². The number of carbonyl (C=O) groups is 1. The van der Waals surface area contributed by atoms with Crippen LogP contribution in [-0.4, -0.2) is 75.2 Å². The summed E-state index contributed by atoms with van der Waals surface area (Å²) < 4.78 is 10.8. The SMILES string of the molecule is COCC1CN(CC2CCN(Cc3cccc(OC)c3)CC2)C(=O)N(c2cccc(C(=N)N)c2)C1. The lowest BCUT2D eigenvalue weighted by molar-refractivity contribution is 0.0986. The van der Waals surface area contributed by atoms with Crippen molar-refractivity contribution in [2.24, 2.45) is 17.6 Å². The maximum atomic E-state index is 13.5. The Balaban J connectivity index is 1.38. The molecule has 0 spiro atoms. The Labute approximate surface area is 208 Å². The van der Waals surface area contributed by atoms with Gasteiger partial charge in [-0.1, -0.05) is 24.3 Å². The molecule has 8 nitrogen and oxygen atoms in total. The third-order valence-corrected chi connectivity index (χ3v) is 7.02. The van der Waals surface area contributed by atoms with Crippen molar-refractivity contribution in [2.45, 2.75) is 19.4 Å². The number of amidine groups is 1. The molecule has 0 bridgehead atoms. The van der Waals surface area contributed by atoms with Gasteiger partial charge >= 0.3 is 6.03 Å². The van der Waals surface area contributed by atoms with E-state index in [-0.39, 0.29) is 17.8 Å². The predicted octanol–water partition coefficient (Wildman–Crippen LogP) is 3.40. The molecule has 0 saturated carbocycles. The van der Waals surface area contributed by atoms with E-state index in [9.17, 15) is 4.79 Å². The molecule has 188 valence electrons. The molecule has 0 radical (unpaired) electrons. The Morgan fingerprint density at radius 3 is 2.54 bits per heavy atom. The number of hydrogen-bond donors (Lipinski definition) is 2. The van der Waals surface area contributed by atoms with Crippen molar-refractivity contribution < 1.29 is 14.3 Å². The Morgan fingerprint density at radius 2 is 1.83 bits per heavy atom. The van der Waals surface area contributed by atoms with Crippen molar-refractivity contribution in [1.82, 2.24) is 9.80 Å². The topological polar surface area (TPSA) is 95.1 Å². The highest BCUT2D eigenvalue weighted by atomic mass is 16.5. The van der Waals surface area contributed by atoms with Crippen molar-refractivity contribution in [3.05, 3.63) is 59.7 Å². The molecule has 2 aliphatic rings. The van der Waals surface area contributed by atoms with Gasteiger partial charge in [0.2, 0.25) is 0 Å². The van der Waals surface area contributed by atoms with Crippen molar-refractivity contribution in [1.29, 1.82) is 5.41 Å². The fourth-order valence-corrected chi connectivity index (χ4v) is 5.17. The largest absolute Gasteiger partial charge is 0.497 e. The first-order valence-corrected chi connectivity index (χ1v) is 12.3. The first kappa shape index (κ1) is 25.0. The van der Waals surface area contributed by atoms with Crippen LogP contribution in [0.25, 0.3) is 0 Å². The minimum Gasteiger partial charge on any atom is -0.497 e. The van der Waals surface area contributed by atoms with Crippen LogP contribution in [0.15, 0.2) is 48.5 Å². The molecular weight excluding hydrogens is 442 g/mol. The Hall–Kier alpha value is -3.10. The summed E-state index contributed by atoms with van der Waals surface area (Å²) in [5, 5.41) is 7.75. The summed E-state index contributed by atoms with van der Waals surface area (Å²) in [6, 6.07) is 15.7. The van der Waals surface area contributed by atoms with Crippen molar-refractivity contribution in [3.8, 4) is 5.75 Å². The molecule has 2 aromatic carbocycles. The fraction of sp³-hybridized carbons (Fsp3) is 0.481. The lowest BCUT2D eigenvalue weighted by Crippen LogP contribution is -2.56. The van der Waals surface area contributed by atoms with Crippen LogP contribution in [-0.2, 0) is 11.3 Å². The molecule has 0 aliphatic carbocycles. The second-order valence-corrected chi connectivity index (χ2v) is 9.65. The maximum absolute atomic E-state index is 13.5. The average molecular weight is 480 g/mol. The first-order chi connectivity index (χ1) is 17.0. The number of rotatable bonds is 9. The van der Waals surface area contributed by atoms with E-state index in [1.54, 1.807) is 20.3 Å². The minimum atomic E-state index is 0.00214. The van der Waals surface area contributed by atoms with Crippen LogP contribution >= 0.6 is 0 Å². The molecule has 0 aromatic heterocycles. The molecule has 2 aliphatic heterocycles. The number of anilines is 1. The quantitative estimate of drug-likeness (QED) is 0.425.